The molecule has 0 radical (unpaired) electrons. The zero-order valence-electron chi connectivity index (χ0n) is 9.59. The van der Waals surface area contributed by atoms with E-state index in [1.165, 1.54) is 5.56 Å². The molecule has 0 saturated carbocycles. The molecular formula is C14H13NOS. The molecule has 2 aromatic rings. The molecule has 0 heterocycles. The summed E-state index contributed by atoms with van der Waals surface area (Å²) in [5.41, 5.74) is 3.47. The van der Waals surface area contributed by atoms with Crippen LogP contribution in [0.25, 0.3) is 11.1 Å². The van der Waals surface area contributed by atoms with Crippen molar-refractivity contribution in [2.75, 3.05) is 7.11 Å². The van der Waals surface area contributed by atoms with Crippen LogP contribution in [0.3, 0.4) is 0 Å². The Morgan fingerprint density at radius 2 is 1.82 bits per heavy atom. The average molecular weight is 243 g/mol. The minimum atomic E-state index is 0.583. The smallest absolute Gasteiger partial charge is 0.118 e. The second-order valence-electron chi connectivity index (χ2n) is 3.72. The number of benzene rings is 2. The van der Waals surface area contributed by atoms with Crippen LogP contribution in [0.2, 0.25) is 0 Å². The summed E-state index contributed by atoms with van der Waals surface area (Å²) in [7, 11) is 1.67. The Bertz CT molecular complexity index is 508. The van der Waals surface area contributed by atoms with E-state index in [0.717, 1.165) is 16.9 Å². The summed E-state index contributed by atoms with van der Waals surface area (Å²) >= 11 is 4.64. The molecule has 0 aromatic heterocycles. The molecule has 0 aliphatic heterocycles. The highest BCUT2D eigenvalue weighted by atomic mass is 32.1. The summed E-state index contributed by atoms with van der Waals surface area (Å²) in [5.74, 6) is 0.866. The molecule has 2 aromatic carbocycles. The van der Waals surface area contributed by atoms with Gasteiger partial charge in [-0.1, -0.05) is 30.3 Å². The van der Waals surface area contributed by atoms with Gasteiger partial charge in [-0.05, 0) is 34.9 Å². The molecule has 0 spiro atoms. The lowest BCUT2D eigenvalue weighted by Gasteiger charge is -2.05. The van der Waals surface area contributed by atoms with Gasteiger partial charge in [0.15, 0.2) is 0 Å². The van der Waals surface area contributed by atoms with Gasteiger partial charge in [0, 0.05) is 12.4 Å². The van der Waals surface area contributed by atoms with Crippen LogP contribution in [-0.4, -0.2) is 7.11 Å². The first kappa shape index (κ1) is 11.7. The van der Waals surface area contributed by atoms with E-state index in [1.807, 2.05) is 36.4 Å². The van der Waals surface area contributed by atoms with Gasteiger partial charge in [-0.25, -0.2) is 4.36 Å². The second-order valence-corrected chi connectivity index (χ2v) is 3.97. The van der Waals surface area contributed by atoms with Gasteiger partial charge in [0.1, 0.15) is 5.75 Å². The lowest BCUT2D eigenvalue weighted by atomic mass is 10.0. The zero-order chi connectivity index (χ0) is 12.1. The molecule has 0 unspecified atom stereocenters. The fourth-order valence-corrected chi connectivity index (χ4v) is 1.86. The first-order valence-electron chi connectivity index (χ1n) is 5.36. The fraction of sp³-hybridized carbons (Fsp3) is 0.143. The number of hydrogen-bond donors (Lipinski definition) is 0. The van der Waals surface area contributed by atoms with E-state index >= 15 is 0 Å². The zero-order valence-corrected chi connectivity index (χ0v) is 10.4. The monoisotopic (exact) mass is 243 g/mol. The fourth-order valence-electron chi connectivity index (χ4n) is 1.71. The molecule has 0 atom stereocenters. The van der Waals surface area contributed by atoms with E-state index in [4.69, 9.17) is 4.74 Å². The SMILES string of the molecule is COc1ccc(-c2cccc(CN=S)c2)cc1. The Kier molecular flexibility index (Phi) is 3.83. The van der Waals surface area contributed by atoms with Crippen LogP contribution in [0.5, 0.6) is 5.75 Å². The van der Waals surface area contributed by atoms with Crippen molar-refractivity contribution in [3.05, 3.63) is 54.1 Å². The van der Waals surface area contributed by atoms with Crippen LogP contribution in [-0.2, 0) is 19.0 Å². The third-order valence-electron chi connectivity index (χ3n) is 2.60. The molecule has 0 fully saturated rings. The van der Waals surface area contributed by atoms with E-state index in [1.54, 1.807) is 7.11 Å². The minimum absolute atomic E-state index is 0.583. The largest absolute Gasteiger partial charge is 0.497 e. The van der Waals surface area contributed by atoms with Crippen molar-refractivity contribution >= 4 is 12.4 Å². The second kappa shape index (κ2) is 5.55. The van der Waals surface area contributed by atoms with Crippen molar-refractivity contribution in [1.29, 1.82) is 0 Å². The van der Waals surface area contributed by atoms with Crippen LogP contribution < -0.4 is 4.74 Å². The molecule has 86 valence electrons. The van der Waals surface area contributed by atoms with Gasteiger partial charge >= 0.3 is 0 Å². The quantitative estimate of drug-likeness (QED) is 0.818. The van der Waals surface area contributed by atoms with Gasteiger partial charge in [-0.15, -0.1) is 0 Å². The number of methoxy groups -OCH3 is 1. The Labute approximate surface area is 106 Å². The maximum Gasteiger partial charge on any atom is 0.118 e. The summed E-state index contributed by atoms with van der Waals surface area (Å²) in [6.07, 6.45) is 0. The minimum Gasteiger partial charge on any atom is -0.497 e. The maximum absolute atomic E-state index is 5.14. The van der Waals surface area contributed by atoms with Crippen LogP contribution in [0.15, 0.2) is 52.9 Å². The predicted octanol–water partition coefficient (Wildman–Crippen LogP) is 3.59. The van der Waals surface area contributed by atoms with Crippen molar-refractivity contribution in [3.63, 3.8) is 0 Å². The number of rotatable bonds is 4. The van der Waals surface area contributed by atoms with Gasteiger partial charge in [-0.2, -0.15) is 0 Å². The first-order valence-corrected chi connectivity index (χ1v) is 5.72. The lowest BCUT2D eigenvalue weighted by molar-refractivity contribution is 0.415. The molecule has 0 aliphatic carbocycles. The maximum atomic E-state index is 5.14. The molecule has 0 saturated heterocycles. The van der Waals surface area contributed by atoms with Gasteiger partial charge in [0.25, 0.3) is 0 Å². The van der Waals surface area contributed by atoms with Crippen molar-refractivity contribution in [3.8, 4) is 16.9 Å². The predicted molar refractivity (Wildman–Crippen MR) is 71.9 cm³/mol. The molecule has 2 nitrogen and oxygen atoms in total. The Morgan fingerprint density at radius 3 is 2.47 bits per heavy atom. The van der Waals surface area contributed by atoms with E-state index < -0.39 is 0 Å². The molecular weight excluding hydrogens is 230 g/mol. The highest BCUT2D eigenvalue weighted by Crippen LogP contribution is 2.23. The van der Waals surface area contributed by atoms with E-state index in [2.05, 4.69) is 28.9 Å². The molecule has 0 amide bonds. The summed E-state index contributed by atoms with van der Waals surface area (Å²) < 4.78 is 8.87. The van der Waals surface area contributed by atoms with E-state index in [9.17, 15) is 0 Å². The highest BCUT2D eigenvalue weighted by Gasteiger charge is 1.99. The standard InChI is InChI=1S/C14H13NOS/c1-16-14-7-5-12(6-8-14)13-4-2-3-11(9-13)10-15-17/h2-9H,10H2,1H3. The van der Waals surface area contributed by atoms with Gasteiger partial charge in [0.05, 0.1) is 13.7 Å². The number of nitrogens with zero attached hydrogens (tertiary/aromatic N) is 1. The summed E-state index contributed by atoms with van der Waals surface area (Å²) in [6, 6.07) is 16.2. The van der Waals surface area contributed by atoms with Gasteiger partial charge in [0.2, 0.25) is 0 Å². The van der Waals surface area contributed by atoms with Crippen LogP contribution in [0.4, 0.5) is 0 Å². The summed E-state index contributed by atoms with van der Waals surface area (Å²) in [6.45, 7) is 0.583. The molecule has 0 N–H and O–H groups in total. The number of ether oxygens (including phenoxy) is 1. The van der Waals surface area contributed by atoms with Crippen molar-refractivity contribution in [2.24, 2.45) is 4.36 Å². The van der Waals surface area contributed by atoms with Gasteiger partial charge in [-0.3, -0.25) is 0 Å². The van der Waals surface area contributed by atoms with Crippen molar-refractivity contribution < 1.29 is 4.74 Å². The Balaban J connectivity index is 2.31. The molecule has 3 heteroatoms. The Hall–Kier alpha value is -1.74. The van der Waals surface area contributed by atoms with E-state index in [0.29, 0.717) is 6.54 Å². The molecule has 0 aliphatic rings. The van der Waals surface area contributed by atoms with Crippen LogP contribution in [0.1, 0.15) is 5.56 Å². The third kappa shape index (κ3) is 2.88. The number of hydrogen-bond acceptors (Lipinski definition) is 3. The first-order chi connectivity index (χ1) is 8.33. The van der Waals surface area contributed by atoms with E-state index in [-0.39, 0.29) is 0 Å². The normalized spacial score (nSPS) is 9.94. The molecule has 2 rings (SSSR count). The third-order valence-corrected chi connectivity index (χ3v) is 2.73. The summed E-state index contributed by atoms with van der Waals surface area (Å²) in [5, 5.41) is 0. The molecule has 0 bridgehead atoms. The Morgan fingerprint density at radius 1 is 1.06 bits per heavy atom. The summed E-state index contributed by atoms with van der Waals surface area (Å²) in [4.78, 5) is 0. The van der Waals surface area contributed by atoms with Crippen molar-refractivity contribution in [1.82, 2.24) is 0 Å². The van der Waals surface area contributed by atoms with Crippen LogP contribution >= 0.6 is 0 Å². The van der Waals surface area contributed by atoms with Crippen molar-refractivity contribution in [2.45, 2.75) is 6.54 Å². The highest BCUT2D eigenvalue weighted by molar-refractivity contribution is 7.47. The topological polar surface area (TPSA) is 21.6 Å². The van der Waals surface area contributed by atoms with Crippen LogP contribution in [0, 0.1) is 0 Å². The average Bonchev–Trinajstić information content (AvgIpc) is 2.40. The molecule has 17 heavy (non-hydrogen) atoms. The lowest BCUT2D eigenvalue weighted by Crippen LogP contribution is -1.85. The van der Waals surface area contributed by atoms with Gasteiger partial charge < -0.3 is 4.74 Å².